The Morgan fingerprint density at radius 1 is 1.14 bits per heavy atom. The molecule has 3 aromatic rings. The van der Waals surface area contributed by atoms with E-state index in [0.29, 0.717) is 26.8 Å². The van der Waals surface area contributed by atoms with Gasteiger partial charge in [-0.05, 0) is 36.4 Å². The van der Waals surface area contributed by atoms with Crippen LogP contribution < -0.4 is 0 Å². The summed E-state index contributed by atoms with van der Waals surface area (Å²) in [5, 5.41) is 3.86. The van der Waals surface area contributed by atoms with Crippen LogP contribution in [0.5, 0.6) is 0 Å². The summed E-state index contributed by atoms with van der Waals surface area (Å²) in [7, 11) is 0. The van der Waals surface area contributed by atoms with Crippen molar-refractivity contribution < 1.29 is 4.79 Å². The summed E-state index contributed by atoms with van der Waals surface area (Å²) in [6, 6.07) is 17.4. The molecule has 7 heteroatoms. The fourth-order valence-corrected chi connectivity index (χ4v) is 4.72. The fraction of sp³-hybridized carbons (Fsp3) is 0.0952. The van der Waals surface area contributed by atoms with Gasteiger partial charge in [0.25, 0.3) is 5.91 Å². The first-order valence-electron chi connectivity index (χ1n) is 8.71. The lowest BCUT2D eigenvalue weighted by molar-refractivity contribution is -0.122. The maximum absolute atomic E-state index is 12.8. The van der Waals surface area contributed by atoms with Crippen LogP contribution in [0.4, 0.5) is 5.13 Å². The van der Waals surface area contributed by atoms with Gasteiger partial charge in [0.15, 0.2) is 5.17 Å². The summed E-state index contributed by atoms with van der Waals surface area (Å²) < 4.78 is 0. The molecular formula is C21H16ClN3OS2. The summed E-state index contributed by atoms with van der Waals surface area (Å²) in [4.78, 5) is 24.3. The molecule has 1 aliphatic rings. The second-order valence-corrected chi connectivity index (χ2v) is 8.21. The van der Waals surface area contributed by atoms with E-state index in [4.69, 9.17) is 11.6 Å². The highest BCUT2D eigenvalue weighted by Crippen LogP contribution is 2.36. The molecule has 1 aliphatic heterocycles. The van der Waals surface area contributed by atoms with Crippen LogP contribution in [0.2, 0.25) is 5.02 Å². The number of carbonyl (C=O) groups is 1. The molecule has 28 heavy (non-hydrogen) atoms. The molecule has 0 radical (unpaired) electrons. The number of carbonyl (C=O) groups excluding carboxylic acids is 1. The molecule has 2 heterocycles. The number of likely N-dealkylation sites (N-methyl/N-ethyl adjacent to an activating group) is 1. The van der Waals surface area contributed by atoms with Crippen molar-refractivity contribution in [2.45, 2.75) is 6.92 Å². The Hall–Kier alpha value is -2.41. The van der Waals surface area contributed by atoms with Crippen molar-refractivity contribution in [3.8, 4) is 11.3 Å². The van der Waals surface area contributed by atoms with Crippen molar-refractivity contribution in [2.24, 2.45) is 4.99 Å². The number of amidine groups is 1. The van der Waals surface area contributed by atoms with Gasteiger partial charge in [-0.1, -0.05) is 60.1 Å². The predicted molar refractivity (Wildman–Crippen MR) is 119 cm³/mol. The molecule has 2 aromatic carbocycles. The maximum Gasteiger partial charge on any atom is 0.266 e. The summed E-state index contributed by atoms with van der Waals surface area (Å²) in [6.45, 7) is 2.48. The van der Waals surface area contributed by atoms with Crippen molar-refractivity contribution >= 4 is 57.0 Å². The summed E-state index contributed by atoms with van der Waals surface area (Å²) >= 11 is 9.04. The van der Waals surface area contributed by atoms with E-state index in [1.165, 1.54) is 23.1 Å². The van der Waals surface area contributed by atoms with Gasteiger partial charge >= 0.3 is 0 Å². The number of hydrogen-bond donors (Lipinski definition) is 0. The standard InChI is InChI=1S/C21H16ClN3OS2/c1-2-25-19(26)18(12-15-10-6-7-11-16(15)22)28-21(25)24-20-23-17(13-27-20)14-8-4-3-5-9-14/h3-13H,2H2,1H3/b18-12-,24-21+. The van der Waals surface area contributed by atoms with Crippen LogP contribution in [0, 0.1) is 0 Å². The minimum Gasteiger partial charge on any atom is -0.287 e. The highest BCUT2D eigenvalue weighted by atomic mass is 35.5. The highest BCUT2D eigenvalue weighted by molar-refractivity contribution is 8.18. The van der Waals surface area contributed by atoms with E-state index in [9.17, 15) is 4.79 Å². The number of benzene rings is 2. The first kappa shape index (κ1) is 18.9. The molecule has 140 valence electrons. The zero-order valence-electron chi connectivity index (χ0n) is 15.0. The second kappa shape index (κ2) is 8.31. The van der Waals surface area contributed by atoms with Crippen molar-refractivity contribution in [3.63, 3.8) is 0 Å². The van der Waals surface area contributed by atoms with Gasteiger partial charge in [-0.2, -0.15) is 4.99 Å². The average Bonchev–Trinajstić information content (AvgIpc) is 3.29. The fourth-order valence-electron chi connectivity index (χ4n) is 2.74. The first-order chi connectivity index (χ1) is 13.7. The predicted octanol–water partition coefficient (Wildman–Crippen LogP) is 6.09. The van der Waals surface area contributed by atoms with E-state index < -0.39 is 0 Å². The first-order valence-corrected chi connectivity index (χ1v) is 10.8. The van der Waals surface area contributed by atoms with Crippen LogP contribution in [0.25, 0.3) is 17.3 Å². The van der Waals surface area contributed by atoms with Gasteiger partial charge in [0, 0.05) is 22.5 Å². The Bertz CT molecular complexity index is 1080. The molecule has 0 aliphatic carbocycles. The Morgan fingerprint density at radius 3 is 2.64 bits per heavy atom. The topological polar surface area (TPSA) is 45.6 Å². The lowest BCUT2D eigenvalue weighted by atomic mass is 10.2. The van der Waals surface area contributed by atoms with Crippen molar-refractivity contribution in [2.75, 3.05) is 6.54 Å². The zero-order chi connectivity index (χ0) is 19.5. The molecule has 0 saturated carbocycles. The van der Waals surface area contributed by atoms with Gasteiger partial charge in [0.1, 0.15) is 0 Å². The molecule has 1 amide bonds. The Balaban J connectivity index is 1.64. The Labute approximate surface area is 176 Å². The molecular weight excluding hydrogens is 410 g/mol. The van der Waals surface area contributed by atoms with Crippen LogP contribution >= 0.6 is 34.7 Å². The van der Waals surface area contributed by atoms with Gasteiger partial charge < -0.3 is 0 Å². The molecule has 0 bridgehead atoms. The molecule has 0 N–H and O–H groups in total. The third-order valence-corrected chi connectivity index (χ3v) is 6.23. The molecule has 4 rings (SSSR count). The van der Waals surface area contributed by atoms with Gasteiger partial charge in [0.05, 0.1) is 10.6 Å². The van der Waals surface area contributed by atoms with E-state index in [2.05, 4.69) is 9.98 Å². The quantitative estimate of drug-likeness (QED) is 0.475. The van der Waals surface area contributed by atoms with E-state index >= 15 is 0 Å². The third kappa shape index (κ3) is 3.90. The zero-order valence-corrected chi connectivity index (χ0v) is 17.4. The summed E-state index contributed by atoms with van der Waals surface area (Å²) in [5.41, 5.74) is 2.75. The van der Waals surface area contributed by atoms with Crippen LogP contribution in [-0.4, -0.2) is 27.5 Å². The van der Waals surface area contributed by atoms with E-state index in [1.807, 2.05) is 73.0 Å². The number of hydrogen-bond acceptors (Lipinski definition) is 5. The van der Waals surface area contributed by atoms with Gasteiger partial charge in [0.2, 0.25) is 5.13 Å². The number of aromatic nitrogens is 1. The molecule has 0 atom stereocenters. The molecule has 0 spiro atoms. The second-order valence-electron chi connectivity index (χ2n) is 5.96. The molecule has 4 nitrogen and oxygen atoms in total. The maximum atomic E-state index is 12.8. The smallest absolute Gasteiger partial charge is 0.266 e. The average molecular weight is 426 g/mol. The lowest BCUT2D eigenvalue weighted by Gasteiger charge is -2.11. The van der Waals surface area contributed by atoms with E-state index in [0.717, 1.165) is 16.8 Å². The number of amides is 1. The van der Waals surface area contributed by atoms with Crippen LogP contribution in [0.3, 0.4) is 0 Å². The molecule has 1 aromatic heterocycles. The van der Waals surface area contributed by atoms with E-state index in [-0.39, 0.29) is 5.91 Å². The Morgan fingerprint density at radius 2 is 1.89 bits per heavy atom. The molecule has 1 saturated heterocycles. The number of thioether (sulfide) groups is 1. The van der Waals surface area contributed by atoms with E-state index in [1.54, 1.807) is 4.90 Å². The molecule has 0 unspecified atom stereocenters. The van der Waals surface area contributed by atoms with Gasteiger partial charge in [-0.15, -0.1) is 11.3 Å². The third-order valence-electron chi connectivity index (χ3n) is 4.15. The van der Waals surface area contributed by atoms with Gasteiger partial charge in [-0.25, -0.2) is 4.98 Å². The lowest BCUT2D eigenvalue weighted by Crippen LogP contribution is -2.28. The highest BCUT2D eigenvalue weighted by Gasteiger charge is 2.32. The number of thiazole rings is 1. The summed E-state index contributed by atoms with van der Waals surface area (Å²) in [6.07, 6.45) is 1.82. The monoisotopic (exact) mass is 425 g/mol. The number of halogens is 1. The van der Waals surface area contributed by atoms with Gasteiger partial charge in [-0.3, -0.25) is 9.69 Å². The van der Waals surface area contributed by atoms with Crippen LogP contribution in [-0.2, 0) is 4.79 Å². The number of nitrogens with zero attached hydrogens (tertiary/aromatic N) is 3. The SMILES string of the molecule is CCN1C(=O)/C(=C/c2ccccc2Cl)S/C1=N/c1nc(-c2ccccc2)cs1. The van der Waals surface area contributed by atoms with Crippen molar-refractivity contribution in [3.05, 3.63) is 75.5 Å². The largest absolute Gasteiger partial charge is 0.287 e. The minimum atomic E-state index is -0.0639. The Kier molecular flexibility index (Phi) is 5.62. The van der Waals surface area contributed by atoms with Crippen molar-refractivity contribution in [1.82, 2.24) is 9.88 Å². The van der Waals surface area contributed by atoms with Crippen LogP contribution in [0.1, 0.15) is 12.5 Å². The number of aliphatic imine (C=N–C) groups is 1. The normalized spacial score (nSPS) is 17.1. The molecule has 1 fully saturated rings. The summed E-state index contributed by atoms with van der Waals surface area (Å²) in [5.74, 6) is -0.0639. The minimum absolute atomic E-state index is 0.0639. The number of rotatable bonds is 4. The van der Waals surface area contributed by atoms with Crippen LogP contribution in [0.15, 0.2) is 69.9 Å². The van der Waals surface area contributed by atoms with Crippen molar-refractivity contribution in [1.29, 1.82) is 0 Å².